The molecule has 0 heterocycles. The zero-order chi connectivity index (χ0) is 11.5. The molecule has 0 aliphatic rings. The predicted octanol–water partition coefficient (Wildman–Crippen LogP) is 1.34. The van der Waals surface area contributed by atoms with Gasteiger partial charge in [-0.3, -0.25) is 0 Å². The van der Waals surface area contributed by atoms with E-state index in [4.69, 9.17) is 10.5 Å². The number of anilines is 1. The summed E-state index contributed by atoms with van der Waals surface area (Å²) in [6.07, 6.45) is 0. The molecule has 0 bridgehead atoms. The van der Waals surface area contributed by atoms with Crippen LogP contribution in [0.15, 0.2) is 23.1 Å². The number of nitrogen functional groups attached to an aromatic ring is 1. The molecule has 1 aromatic carbocycles. The number of nitrogens with two attached hydrogens (primary N) is 1. The van der Waals surface area contributed by atoms with Crippen molar-refractivity contribution < 1.29 is 13.2 Å². The third-order valence-corrected chi connectivity index (χ3v) is 3.69. The number of hydrogen-bond acceptors (Lipinski definition) is 4. The first kappa shape index (κ1) is 12.0. The first-order valence-corrected chi connectivity index (χ1v) is 6.30. The highest BCUT2D eigenvalue weighted by Crippen LogP contribution is 2.21. The van der Waals surface area contributed by atoms with Gasteiger partial charge in [0.1, 0.15) is 0 Å². The molecular formula is C10H15NO3S. The summed E-state index contributed by atoms with van der Waals surface area (Å²) in [4.78, 5) is 0.246. The normalized spacial score (nSPS) is 11.6. The highest BCUT2D eigenvalue weighted by molar-refractivity contribution is 7.91. The van der Waals surface area contributed by atoms with Crippen LogP contribution in [0.1, 0.15) is 12.5 Å². The van der Waals surface area contributed by atoms with Gasteiger partial charge in [0, 0.05) is 12.3 Å². The molecule has 0 saturated carbocycles. The molecule has 0 spiro atoms. The zero-order valence-electron chi connectivity index (χ0n) is 8.86. The van der Waals surface area contributed by atoms with Gasteiger partial charge in [-0.2, -0.15) is 0 Å². The summed E-state index contributed by atoms with van der Waals surface area (Å²) < 4.78 is 28.5. The maximum atomic E-state index is 11.8. The molecule has 4 nitrogen and oxygen atoms in total. The van der Waals surface area contributed by atoms with E-state index in [0.29, 0.717) is 17.9 Å². The van der Waals surface area contributed by atoms with Gasteiger partial charge in [0.25, 0.3) is 0 Å². The van der Waals surface area contributed by atoms with Crippen LogP contribution >= 0.6 is 0 Å². The topological polar surface area (TPSA) is 69.4 Å². The second-order valence-corrected chi connectivity index (χ2v) is 5.10. The Labute approximate surface area is 90.0 Å². The van der Waals surface area contributed by atoms with Crippen LogP contribution in [0.5, 0.6) is 0 Å². The molecule has 1 aromatic rings. The number of sulfone groups is 1. The van der Waals surface area contributed by atoms with E-state index in [-0.39, 0.29) is 10.8 Å². The van der Waals surface area contributed by atoms with E-state index in [1.807, 2.05) is 0 Å². The summed E-state index contributed by atoms with van der Waals surface area (Å²) in [7, 11) is -3.38. The van der Waals surface area contributed by atoms with Gasteiger partial charge in [-0.25, -0.2) is 8.42 Å². The second kappa shape index (κ2) is 4.63. The summed E-state index contributed by atoms with van der Waals surface area (Å²) in [5.41, 5.74) is 6.70. The van der Waals surface area contributed by atoms with Gasteiger partial charge < -0.3 is 10.5 Å². The molecule has 0 radical (unpaired) electrons. The summed E-state index contributed by atoms with van der Waals surface area (Å²) >= 11 is 0. The van der Waals surface area contributed by atoms with Crippen LogP contribution in [-0.2, 0) is 14.6 Å². The van der Waals surface area contributed by atoms with Gasteiger partial charge in [-0.05, 0) is 31.5 Å². The standard InChI is InChI=1S/C10H15NO3S/c1-3-14-7-15(12,13)10-6-4-5-9(11)8(10)2/h4-6H,3,7,11H2,1-2H3. The Balaban J connectivity index is 3.10. The summed E-state index contributed by atoms with van der Waals surface area (Å²) in [5, 5.41) is 0. The minimum Gasteiger partial charge on any atom is -0.398 e. The fraction of sp³-hybridized carbons (Fsp3) is 0.400. The Hall–Kier alpha value is -1.07. The van der Waals surface area contributed by atoms with Crippen molar-refractivity contribution in [1.29, 1.82) is 0 Å². The van der Waals surface area contributed by atoms with Gasteiger partial charge in [0.15, 0.2) is 5.94 Å². The molecule has 0 fully saturated rings. The first-order valence-electron chi connectivity index (χ1n) is 4.64. The largest absolute Gasteiger partial charge is 0.398 e. The number of ether oxygens (including phenoxy) is 1. The van der Waals surface area contributed by atoms with Gasteiger partial charge in [-0.1, -0.05) is 6.07 Å². The van der Waals surface area contributed by atoms with Crippen molar-refractivity contribution in [2.24, 2.45) is 0 Å². The van der Waals surface area contributed by atoms with Gasteiger partial charge in [-0.15, -0.1) is 0 Å². The van der Waals surface area contributed by atoms with E-state index in [2.05, 4.69) is 0 Å². The quantitative estimate of drug-likeness (QED) is 0.791. The Morgan fingerprint density at radius 1 is 1.40 bits per heavy atom. The molecule has 0 atom stereocenters. The van der Waals surface area contributed by atoms with E-state index >= 15 is 0 Å². The van der Waals surface area contributed by atoms with Gasteiger partial charge in [0.2, 0.25) is 9.84 Å². The maximum Gasteiger partial charge on any atom is 0.202 e. The van der Waals surface area contributed by atoms with Crippen LogP contribution < -0.4 is 5.73 Å². The first-order chi connectivity index (χ1) is 6.99. The van der Waals surface area contributed by atoms with Crippen LogP contribution in [0.25, 0.3) is 0 Å². The highest BCUT2D eigenvalue weighted by Gasteiger charge is 2.17. The summed E-state index contributed by atoms with van der Waals surface area (Å²) in [6.45, 7) is 3.82. The fourth-order valence-corrected chi connectivity index (χ4v) is 2.61. The SMILES string of the molecule is CCOCS(=O)(=O)c1cccc(N)c1C. The van der Waals surface area contributed by atoms with Gasteiger partial charge >= 0.3 is 0 Å². The van der Waals surface area contributed by atoms with Crippen LogP contribution in [0.3, 0.4) is 0 Å². The average Bonchev–Trinajstić information content (AvgIpc) is 2.19. The molecule has 0 unspecified atom stereocenters. The maximum absolute atomic E-state index is 11.8. The molecule has 2 N–H and O–H groups in total. The lowest BCUT2D eigenvalue weighted by Gasteiger charge is -2.09. The second-order valence-electron chi connectivity index (χ2n) is 3.20. The van der Waals surface area contributed by atoms with E-state index in [0.717, 1.165) is 0 Å². The molecule has 0 aliphatic heterocycles. The average molecular weight is 229 g/mol. The molecule has 0 aliphatic carbocycles. The summed E-state index contributed by atoms with van der Waals surface area (Å²) in [6, 6.07) is 4.84. The van der Waals surface area contributed by atoms with Crippen molar-refractivity contribution in [3.05, 3.63) is 23.8 Å². The lowest BCUT2D eigenvalue weighted by molar-refractivity contribution is 0.192. The molecule has 0 amide bonds. The highest BCUT2D eigenvalue weighted by atomic mass is 32.2. The Morgan fingerprint density at radius 2 is 2.07 bits per heavy atom. The van der Waals surface area contributed by atoms with E-state index in [1.165, 1.54) is 0 Å². The van der Waals surface area contributed by atoms with Crippen LogP contribution in [-0.4, -0.2) is 21.0 Å². The fourth-order valence-electron chi connectivity index (χ4n) is 1.22. The number of benzene rings is 1. The monoisotopic (exact) mass is 229 g/mol. The number of hydrogen-bond donors (Lipinski definition) is 1. The smallest absolute Gasteiger partial charge is 0.202 e. The molecular weight excluding hydrogens is 214 g/mol. The van der Waals surface area contributed by atoms with Crippen molar-refractivity contribution in [1.82, 2.24) is 0 Å². The summed E-state index contributed by atoms with van der Waals surface area (Å²) in [5.74, 6) is -0.298. The molecule has 5 heteroatoms. The predicted molar refractivity (Wildman–Crippen MR) is 59.3 cm³/mol. The van der Waals surface area contributed by atoms with Crippen molar-refractivity contribution >= 4 is 15.5 Å². The zero-order valence-corrected chi connectivity index (χ0v) is 9.67. The Morgan fingerprint density at radius 3 is 2.67 bits per heavy atom. The molecule has 0 aromatic heterocycles. The van der Waals surface area contributed by atoms with Crippen LogP contribution in [0, 0.1) is 6.92 Å². The van der Waals surface area contributed by atoms with Crippen LogP contribution in [0.2, 0.25) is 0 Å². The molecule has 84 valence electrons. The van der Waals surface area contributed by atoms with E-state index < -0.39 is 9.84 Å². The minimum atomic E-state index is -3.38. The van der Waals surface area contributed by atoms with Gasteiger partial charge in [0.05, 0.1) is 4.90 Å². The lowest BCUT2D eigenvalue weighted by atomic mass is 10.2. The minimum absolute atomic E-state index is 0.246. The Kier molecular flexibility index (Phi) is 3.71. The molecule has 15 heavy (non-hydrogen) atoms. The van der Waals surface area contributed by atoms with Crippen molar-refractivity contribution in [2.75, 3.05) is 18.3 Å². The van der Waals surface area contributed by atoms with Crippen molar-refractivity contribution in [2.45, 2.75) is 18.7 Å². The Bertz CT molecular complexity index is 440. The van der Waals surface area contributed by atoms with E-state index in [1.54, 1.807) is 32.0 Å². The van der Waals surface area contributed by atoms with Crippen molar-refractivity contribution in [3.63, 3.8) is 0 Å². The molecule has 0 saturated heterocycles. The van der Waals surface area contributed by atoms with Crippen molar-refractivity contribution in [3.8, 4) is 0 Å². The number of rotatable bonds is 4. The van der Waals surface area contributed by atoms with E-state index in [9.17, 15) is 8.42 Å². The molecule has 1 rings (SSSR count). The lowest BCUT2D eigenvalue weighted by Crippen LogP contribution is -2.12. The third kappa shape index (κ3) is 2.70. The third-order valence-electron chi connectivity index (χ3n) is 2.10. The van der Waals surface area contributed by atoms with Crippen LogP contribution in [0.4, 0.5) is 5.69 Å².